The molecule has 0 aromatic rings. The Hall–Kier alpha value is -0.120. The molecule has 3 nitrogen and oxygen atoms in total. The van der Waals surface area contributed by atoms with Gasteiger partial charge in [0.2, 0.25) is 0 Å². The summed E-state index contributed by atoms with van der Waals surface area (Å²) in [5.41, 5.74) is 0. The summed E-state index contributed by atoms with van der Waals surface area (Å²) in [6, 6.07) is 0. The lowest BCUT2D eigenvalue weighted by atomic mass is 10.2. The van der Waals surface area contributed by atoms with Gasteiger partial charge >= 0.3 is 0 Å². The van der Waals surface area contributed by atoms with E-state index in [1.54, 1.807) is 0 Å². The van der Waals surface area contributed by atoms with Crippen LogP contribution in [0.5, 0.6) is 0 Å². The highest BCUT2D eigenvalue weighted by Crippen LogP contribution is 1.91. The molecule has 86 valence electrons. The second kappa shape index (κ2) is 9.44. The Bertz CT molecular complexity index is 118. The standard InChI is InChI=1S/C11H25NO2/c1-5-13-9-11(4)14-7-6-12-8-10(2)3/h10-12H,5-9H2,1-4H3. The van der Waals surface area contributed by atoms with Gasteiger partial charge in [-0.05, 0) is 26.3 Å². The summed E-state index contributed by atoms with van der Waals surface area (Å²) < 4.78 is 10.8. The van der Waals surface area contributed by atoms with Crippen LogP contribution in [-0.4, -0.2) is 39.0 Å². The Morgan fingerprint density at radius 2 is 1.93 bits per heavy atom. The maximum Gasteiger partial charge on any atom is 0.0781 e. The van der Waals surface area contributed by atoms with E-state index in [0.717, 1.165) is 26.3 Å². The molecule has 3 heteroatoms. The van der Waals surface area contributed by atoms with E-state index in [4.69, 9.17) is 9.47 Å². The van der Waals surface area contributed by atoms with Crippen LogP contribution in [0.1, 0.15) is 27.7 Å². The molecule has 0 saturated heterocycles. The van der Waals surface area contributed by atoms with E-state index in [9.17, 15) is 0 Å². The Kier molecular flexibility index (Phi) is 9.35. The van der Waals surface area contributed by atoms with Crippen molar-refractivity contribution in [3.8, 4) is 0 Å². The predicted molar refractivity (Wildman–Crippen MR) is 59.6 cm³/mol. The third-order valence-corrected chi connectivity index (χ3v) is 1.79. The van der Waals surface area contributed by atoms with Crippen LogP contribution >= 0.6 is 0 Å². The normalized spacial score (nSPS) is 13.5. The Balaban J connectivity index is 3.10. The zero-order valence-corrected chi connectivity index (χ0v) is 10.0. The Morgan fingerprint density at radius 1 is 1.21 bits per heavy atom. The van der Waals surface area contributed by atoms with E-state index in [-0.39, 0.29) is 6.10 Å². The first kappa shape index (κ1) is 13.9. The van der Waals surface area contributed by atoms with Crippen LogP contribution in [0.2, 0.25) is 0 Å². The molecule has 0 fully saturated rings. The molecular formula is C11H25NO2. The summed E-state index contributed by atoms with van der Waals surface area (Å²) in [6.45, 7) is 12.6. The molecule has 0 bridgehead atoms. The zero-order valence-electron chi connectivity index (χ0n) is 10.0. The third kappa shape index (κ3) is 9.96. The van der Waals surface area contributed by atoms with Gasteiger partial charge in [0.15, 0.2) is 0 Å². The fraction of sp³-hybridized carbons (Fsp3) is 1.00. The maximum atomic E-state index is 5.54. The topological polar surface area (TPSA) is 30.5 Å². The average Bonchev–Trinajstić information content (AvgIpc) is 2.13. The molecule has 0 aromatic heterocycles. The molecular weight excluding hydrogens is 178 g/mol. The van der Waals surface area contributed by atoms with E-state index in [1.165, 1.54) is 0 Å². The number of hydrogen-bond acceptors (Lipinski definition) is 3. The largest absolute Gasteiger partial charge is 0.379 e. The lowest BCUT2D eigenvalue weighted by Crippen LogP contribution is -2.26. The molecule has 0 saturated carbocycles. The summed E-state index contributed by atoms with van der Waals surface area (Å²) in [5, 5.41) is 3.33. The van der Waals surface area contributed by atoms with Crippen molar-refractivity contribution in [2.75, 3.05) is 32.9 Å². The molecule has 0 radical (unpaired) electrons. The highest BCUT2D eigenvalue weighted by molar-refractivity contribution is 4.52. The van der Waals surface area contributed by atoms with Gasteiger partial charge in [-0.1, -0.05) is 13.8 Å². The van der Waals surface area contributed by atoms with E-state index >= 15 is 0 Å². The molecule has 0 aliphatic heterocycles. The second-order valence-electron chi connectivity index (χ2n) is 3.94. The van der Waals surface area contributed by atoms with Gasteiger partial charge in [0.05, 0.1) is 19.3 Å². The van der Waals surface area contributed by atoms with Crippen LogP contribution in [0.3, 0.4) is 0 Å². The van der Waals surface area contributed by atoms with Gasteiger partial charge in [-0.3, -0.25) is 0 Å². The Morgan fingerprint density at radius 3 is 2.50 bits per heavy atom. The molecule has 0 spiro atoms. The van der Waals surface area contributed by atoms with Crippen molar-refractivity contribution in [2.45, 2.75) is 33.8 Å². The molecule has 0 rings (SSSR count). The first-order valence-electron chi connectivity index (χ1n) is 5.56. The molecule has 1 unspecified atom stereocenters. The summed E-state index contributed by atoms with van der Waals surface area (Å²) in [5.74, 6) is 0.704. The minimum Gasteiger partial charge on any atom is -0.379 e. The monoisotopic (exact) mass is 203 g/mol. The van der Waals surface area contributed by atoms with Crippen LogP contribution in [0.15, 0.2) is 0 Å². The fourth-order valence-electron chi connectivity index (χ4n) is 1.05. The predicted octanol–water partition coefficient (Wildman–Crippen LogP) is 1.67. The van der Waals surface area contributed by atoms with Crippen molar-refractivity contribution in [1.29, 1.82) is 0 Å². The van der Waals surface area contributed by atoms with Gasteiger partial charge in [0.25, 0.3) is 0 Å². The van der Waals surface area contributed by atoms with Crippen molar-refractivity contribution < 1.29 is 9.47 Å². The van der Waals surface area contributed by atoms with Crippen molar-refractivity contribution in [1.82, 2.24) is 5.32 Å². The lowest BCUT2D eigenvalue weighted by Gasteiger charge is -2.13. The van der Waals surface area contributed by atoms with E-state index in [1.807, 2.05) is 13.8 Å². The van der Waals surface area contributed by atoms with E-state index < -0.39 is 0 Å². The van der Waals surface area contributed by atoms with Crippen molar-refractivity contribution in [3.05, 3.63) is 0 Å². The highest BCUT2D eigenvalue weighted by Gasteiger charge is 2.00. The van der Waals surface area contributed by atoms with Gasteiger partial charge in [0, 0.05) is 13.2 Å². The number of rotatable bonds is 9. The summed E-state index contributed by atoms with van der Waals surface area (Å²) >= 11 is 0. The Labute approximate surface area is 88.2 Å². The van der Waals surface area contributed by atoms with Gasteiger partial charge in [-0.25, -0.2) is 0 Å². The minimum atomic E-state index is 0.204. The fourth-order valence-corrected chi connectivity index (χ4v) is 1.05. The minimum absolute atomic E-state index is 0.204. The third-order valence-electron chi connectivity index (χ3n) is 1.79. The quantitative estimate of drug-likeness (QED) is 0.578. The van der Waals surface area contributed by atoms with Crippen molar-refractivity contribution in [2.24, 2.45) is 5.92 Å². The smallest absolute Gasteiger partial charge is 0.0781 e. The first-order valence-corrected chi connectivity index (χ1v) is 5.56. The molecule has 0 aliphatic rings. The van der Waals surface area contributed by atoms with E-state index in [0.29, 0.717) is 12.5 Å². The highest BCUT2D eigenvalue weighted by atomic mass is 16.5. The van der Waals surface area contributed by atoms with Crippen LogP contribution < -0.4 is 5.32 Å². The SMILES string of the molecule is CCOCC(C)OCCNCC(C)C. The second-order valence-corrected chi connectivity index (χ2v) is 3.94. The van der Waals surface area contributed by atoms with Crippen molar-refractivity contribution >= 4 is 0 Å². The van der Waals surface area contributed by atoms with E-state index in [2.05, 4.69) is 19.2 Å². The molecule has 0 amide bonds. The molecule has 1 atom stereocenters. The van der Waals surface area contributed by atoms with Gasteiger partial charge in [-0.15, -0.1) is 0 Å². The van der Waals surface area contributed by atoms with Gasteiger partial charge < -0.3 is 14.8 Å². The molecule has 14 heavy (non-hydrogen) atoms. The average molecular weight is 203 g/mol. The van der Waals surface area contributed by atoms with Crippen LogP contribution in [0, 0.1) is 5.92 Å². The van der Waals surface area contributed by atoms with Crippen LogP contribution in [0.25, 0.3) is 0 Å². The molecule has 0 aromatic carbocycles. The van der Waals surface area contributed by atoms with Gasteiger partial charge in [0.1, 0.15) is 0 Å². The summed E-state index contributed by atoms with van der Waals surface area (Å²) in [6.07, 6.45) is 0.204. The first-order chi connectivity index (χ1) is 6.66. The molecule has 1 N–H and O–H groups in total. The number of hydrogen-bond donors (Lipinski definition) is 1. The van der Waals surface area contributed by atoms with Crippen molar-refractivity contribution in [3.63, 3.8) is 0 Å². The molecule has 0 heterocycles. The molecule has 0 aliphatic carbocycles. The number of nitrogens with one attached hydrogen (secondary N) is 1. The number of ether oxygens (including phenoxy) is 2. The lowest BCUT2D eigenvalue weighted by molar-refractivity contribution is -0.00197. The van der Waals surface area contributed by atoms with Gasteiger partial charge in [-0.2, -0.15) is 0 Å². The maximum absolute atomic E-state index is 5.54. The summed E-state index contributed by atoms with van der Waals surface area (Å²) in [7, 11) is 0. The van der Waals surface area contributed by atoms with Crippen LogP contribution in [-0.2, 0) is 9.47 Å². The van der Waals surface area contributed by atoms with Crippen LogP contribution in [0.4, 0.5) is 0 Å². The zero-order chi connectivity index (χ0) is 10.8. The summed E-state index contributed by atoms with van der Waals surface area (Å²) in [4.78, 5) is 0.